The zero-order valence-corrected chi connectivity index (χ0v) is 19.5. The molecule has 0 aliphatic carbocycles. The largest absolute Gasteiger partial charge is 0.497 e. The van der Waals surface area contributed by atoms with E-state index >= 15 is 0 Å². The average molecular weight is 461 g/mol. The first-order valence-corrected chi connectivity index (χ1v) is 11.2. The van der Waals surface area contributed by atoms with Gasteiger partial charge in [-0.25, -0.2) is 4.99 Å². The van der Waals surface area contributed by atoms with E-state index in [0.717, 1.165) is 17.0 Å². The topological polar surface area (TPSA) is 60.4 Å². The fourth-order valence-electron chi connectivity index (χ4n) is 3.01. The molecular formula is C23H25ClN2O4S. The number of likely N-dealkylation sites (N-methyl/N-ethyl adjacent to an activating group) is 1. The van der Waals surface area contributed by atoms with Crippen molar-refractivity contribution in [2.24, 2.45) is 4.99 Å². The Labute approximate surface area is 191 Å². The lowest BCUT2D eigenvalue weighted by molar-refractivity contribution is -0.122. The summed E-state index contributed by atoms with van der Waals surface area (Å²) in [6.45, 7) is 7.18. The molecule has 0 radical (unpaired) electrons. The third kappa shape index (κ3) is 5.35. The molecule has 2 aromatic rings. The Morgan fingerprint density at radius 2 is 1.81 bits per heavy atom. The molecule has 1 fully saturated rings. The van der Waals surface area contributed by atoms with Gasteiger partial charge in [0.15, 0.2) is 16.7 Å². The minimum Gasteiger partial charge on any atom is -0.497 e. The smallest absolute Gasteiger partial charge is 0.266 e. The summed E-state index contributed by atoms with van der Waals surface area (Å²) in [5.41, 5.74) is 1.51. The number of nitrogens with zero attached hydrogens (tertiary/aromatic N) is 2. The number of methoxy groups -OCH3 is 1. The SMILES string of the molecule is CCOc1cc(/C=C2/SC(=Nc3ccc(OC)cc3)N(CC)C2=O)cc(Cl)c1OCC. The molecule has 164 valence electrons. The van der Waals surface area contributed by atoms with Gasteiger partial charge >= 0.3 is 0 Å². The summed E-state index contributed by atoms with van der Waals surface area (Å²) < 4.78 is 16.5. The summed E-state index contributed by atoms with van der Waals surface area (Å²) in [6.07, 6.45) is 1.80. The van der Waals surface area contributed by atoms with Crippen molar-refractivity contribution in [3.63, 3.8) is 0 Å². The molecule has 0 N–H and O–H groups in total. The first-order chi connectivity index (χ1) is 15.0. The third-order valence-electron chi connectivity index (χ3n) is 4.42. The number of amides is 1. The Bertz CT molecular complexity index is 1010. The van der Waals surface area contributed by atoms with E-state index in [1.54, 1.807) is 24.2 Å². The molecule has 0 saturated carbocycles. The maximum absolute atomic E-state index is 13.0. The number of thioether (sulfide) groups is 1. The van der Waals surface area contributed by atoms with Crippen LogP contribution in [0.15, 0.2) is 46.3 Å². The fraction of sp³-hybridized carbons (Fsp3) is 0.304. The zero-order chi connectivity index (χ0) is 22.4. The number of aliphatic imine (C=N–C) groups is 1. The monoisotopic (exact) mass is 460 g/mol. The normalized spacial score (nSPS) is 16.3. The first-order valence-electron chi connectivity index (χ1n) is 10.0. The maximum Gasteiger partial charge on any atom is 0.266 e. The van der Waals surface area contributed by atoms with Gasteiger partial charge in [0, 0.05) is 6.54 Å². The molecule has 1 aliphatic heterocycles. The molecule has 31 heavy (non-hydrogen) atoms. The van der Waals surface area contributed by atoms with Gasteiger partial charge in [-0.3, -0.25) is 9.69 Å². The van der Waals surface area contributed by atoms with Gasteiger partial charge in [-0.2, -0.15) is 0 Å². The van der Waals surface area contributed by atoms with Crippen LogP contribution in [-0.2, 0) is 4.79 Å². The van der Waals surface area contributed by atoms with E-state index in [4.69, 9.17) is 25.8 Å². The second kappa shape index (κ2) is 10.6. The summed E-state index contributed by atoms with van der Waals surface area (Å²) in [4.78, 5) is 19.8. The number of amidine groups is 1. The Morgan fingerprint density at radius 1 is 1.10 bits per heavy atom. The van der Waals surface area contributed by atoms with Crippen molar-refractivity contribution < 1.29 is 19.0 Å². The molecule has 1 saturated heterocycles. The highest BCUT2D eigenvalue weighted by atomic mass is 35.5. The molecule has 2 aromatic carbocycles. The van der Waals surface area contributed by atoms with Crippen molar-refractivity contribution >= 4 is 46.2 Å². The van der Waals surface area contributed by atoms with Crippen LogP contribution < -0.4 is 14.2 Å². The molecule has 1 amide bonds. The van der Waals surface area contributed by atoms with E-state index in [0.29, 0.717) is 46.4 Å². The lowest BCUT2D eigenvalue weighted by Gasteiger charge is -2.13. The summed E-state index contributed by atoms with van der Waals surface area (Å²) >= 11 is 7.75. The average Bonchev–Trinajstić information content (AvgIpc) is 3.05. The molecule has 0 atom stereocenters. The van der Waals surface area contributed by atoms with E-state index in [1.165, 1.54) is 11.8 Å². The van der Waals surface area contributed by atoms with Crippen molar-refractivity contribution in [1.82, 2.24) is 4.90 Å². The Kier molecular flexibility index (Phi) is 7.87. The first kappa shape index (κ1) is 23.0. The Morgan fingerprint density at radius 3 is 2.42 bits per heavy atom. The number of carbonyl (C=O) groups is 1. The van der Waals surface area contributed by atoms with Gasteiger partial charge < -0.3 is 14.2 Å². The fourth-order valence-corrected chi connectivity index (χ4v) is 4.34. The lowest BCUT2D eigenvalue weighted by atomic mass is 10.1. The molecule has 0 aromatic heterocycles. The number of carbonyl (C=O) groups excluding carboxylic acids is 1. The van der Waals surface area contributed by atoms with E-state index in [2.05, 4.69) is 4.99 Å². The van der Waals surface area contributed by atoms with Gasteiger partial charge in [-0.15, -0.1) is 0 Å². The molecule has 0 unspecified atom stereocenters. The van der Waals surface area contributed by atoms with Gasteiger partial charge in [0.25, 0.3) is 5.91 Å². The number of halogens is 1. The molecule has 0 spiro atoms. The van der Waals surface area contributed by atoms with Gasteiger partial charge in [0.05, 0.1) is 35.9 Å². The van der Waals surface area contributed by atoms with Crippen molar-refractivity contribution in [3.05, 3.63) is 51.9 Å². The highest BCUT2D eigenvalue weighted by molar-refractivity contribution is 8.18. The quantitative estimate of drug-likeness (QED) is 0.468. The van der Waals surface area contributed by atoms with Crippen LogP contribution in [0, 0.1) is 0 Å². The van der Waals surface area contributed by atoms with Gasteiger partial charge in [-0.05, 0) is 80.6 Å². The summed E-state index contributed by atoms with van der Waals surface area (Å²) in [6, 6.07) is 11.0. The molecule has 0 bridgehead atoms. The van der Waals surface area contributed by atoms with Crippen LogP contribution in [0.5, 0.6) is 17.2 Å². The number of rotatable bonds is 8. The van der Waals surface area contributed by atoms with Crippen LogP contribution in [0.4, 0.5) is 5.69 Å². The minimum atomic E-state index is -0.0947. The second-order valence-electron chi connectivity index (χ2n) is 6.45. The Balaban J connectivity index is 1.93. The van der Waals surface area contributed by atoms with E-state index in [1.807, 2.05) is 51.1 Å². The third-order valence-corrected chi connectivity index (χ3v) is 5.71. The van der Waals surface area contributed by atoms with Crippen LogP contribution in [0.1, 0.15) is 26.3 Å². The van der Waals surface area contributed by atoms with E-state index < -0.39 is 0 Å². The predicted octanol–water partition coefficient (Wildman–Crippen LogP) is 5.77. The summed E-state index contributed by atoms with van der Waals surface area (Å²) in [5, 5.41) is 1.07. The summed E-state index contributed by atoms with van der Waals surface area (Å²) in [7, 11) is 1.62. The van der Waals surface area contributed by atoms with Gasteiger partial charge in [0.1, 0.15) is 5.75 Å². The molecular weight excluding hydrogens is 436 g/mol. The van der Waals surface area contributed by atoms with Gasteiger partial charge in [0.2, 0.25) is 0 Å². The van der Waals surface area contributed by atoms with Crippen LogP contribution in [0.2, 0.25) is 5.02 Å². The van der Waals surface area contributed by atoms with Crippen molar-refractivity contribution in [1.29, 1.82) is 0 Å². The highest BCUT2D eigenvalue weighted by Gasteiger charge is 2.32. The molecule has 3 rings (SSSR count). The van der Waals surface area contributed by atoms with Crippen LogP contribution in [-0.4, -0.2) is 42.8 Å². The zero-order valence-electron chi connectivity index (χ0n) is 18.0. The molecule has 1 aliphatic rings. The molecule has 6 nitrogen and oxygen atoms in total. The molecule has 1 heterocycles. The van der Waals surface area contributed by atoms with Crippen LogP contribution >= 0.6 is 23.4 Å². The van der Waals surface area contributed by atoms with E-state index in [9.17, 15) is 4.79 Å². The van der Waals surface area contributed by atoms with Crippen molar-refractivity contribution in [3.8, 4) is 17.2 Å². The molecule has 8 heteroatoms. The standard InChI is InChI=1S/C23H25ClN2O4S/c1-5-26-22(27)20(31-23(26)25-16-8-10-17(28-4)11-9-16)14-15-12-18(24)21(30-7-3)19(13-15)29-6-2/h8-14H,5-7H2,1-4H3/b20-14+,25-23?. The van der Waals surface area contributed by atoms with Crippen LogP contribution in [0.25, 0.3) is 6.08 Å². The summed E-state index contributed by atoms with van der Waals surface area (Å²) in [5.74, 6) is 1.72. The van der Waals surface area contributed by atoms with Gasteiger partial charge in [-0.1, -0.05) is 11.6 Å². The number of hydrogen-bond donors (Lipinski definition) is 0. The Hall–Kier alpha value is -2.64. The minimum absolute atomic E-state index is 0.0947. The maximum atomic E-state index is 13.0. The van der Waals surface area contributed by atoms with Crippen LogP contribution in [0.3, 0.4) is 0 Å². The van der Waals surface area contributed by atoms with E-state index in [-0.39, 0.29) is 5.91 Å². The number of benzene rings is 2. The second-order valence-corrected chi connectivity index (χ2v) is 7.86. The predicted molar refractivity (Wildman–Crippen MR) is 127 cm³/mol. The highest BCUT2D eigenvalue weighted by Crippen LogP contribution is 2.39. The number of hydrogen-bond acceptors (Lipinski definition) is 6. The lowest BCUT2D eigenvalue weighted by Crippen LogP contribution is -2.28. The number of ether oxygens (including phenoxy) is 3. The van der Waals surface area contributed by atoms with Crippen molar-refractivity contribution in [2.45, 2.75) is 20.8 Å². The van der Waals surface area contributed by atoms with Crippen molar-refractivity contribution in [2.75, 3.05) is 26.9 Å².